The van der Waals surface area contributed by atoms with Crippen molar-refractivity contribution in [1.29, 1.82) is 0 Å². The molecule has 6 heteroatoms. The van der Waals surface area contributed by atoms with Gasteiger partial charge in [-0.25, -0.2) is 4.39 Å². The summed E-state index contributed by atoms with van der Waals surface area (Å²) in [4.78, 5) is 30.2. The molecule has 0 saturated heterocycles. The third kappa shape index (κ3) is 4.62. The molecule has 0 atom stereocenters. The first-order chi connectivity index (χ1) is 11.5. The van der Waals surface area contributed by atoms with E-state index in [1.165, 1.54) is 36.5 Å². The Bertz CT molecular complexity index is 716. The Morgan fingerprint density at radius 3 is 2.58 bits per heavy atom. The minimum Gasteiger partial charge on any atom is -0.342 e. The van der Waals surface area contributed by atoms with Crippen LogP contribution in [0.5, 0.6) is 0 Å². The molecule has 0 saturated carbocycles. The second-order valence-electron chi connectivity index (χ2n) is 5.47. The van der Waals surface area contributed by atoms with Gasteiger partial charge in [0.15, 0.2) is 0 Å². The van der Waals surface area contributed by atoms with Crippen LogP contribution >= 0.6 is 0 Å². The van der Waals surface area contributed by atoms with Crippen molar-refractivity contribution in [3.8, 4) is 0 Å². The highest BCUT2D eigenvalue weighted by atomic mass is 19.1. The molecule has 0 unspecified atom stereocenters. The molecule has 0 spiro atoms. The summed E-state index contributed by atoms with van der Waals surface area (Å²) in [5.74, 6) is -0.983. The van der Waals surface area contributed by atoms with Crippen LogP contribution in [-0.4, -0.2) is 35.3 Å². The fourth-order valence-corrected chi connectivity index (χ4v) is 2.13. The zero-order chi connectivity index (χ0) is 17.5. The lowest BCUT2D eigenvalue weighted by atomic mass is 10.2. The molecular weight excluding hydrogens is 309 g/mol. The Morgan fingerprint density at radius 1 is 1.21 bits per heavy atom. The van der Waals surface area contributed by atoms with E-state index in [4.69, 9.17) is 0 Å². The van der Waals surface area contributed by atoms with Crippen molar-refractivity contribution in [3.05, 3.63) is 59.7 Å². The average Bonchev–Trinajstić information content (AvgIpc) is 2.61. The molecule has 0 aliphatic carbocycles. The maximum absolute atomic E-state index is 12.9. The Balaban J connectivity index is 2.10. The summed E-state index contributed by atoms with van der Waals surface area (Å²) in [7, 11) is 1.73. The van der Waals surface area contributed by atoms with Gasteiger partial charge in [0.2, 0.25) is 0 Å². The number of anilines is 1. The van der Waals surface area contributed by atoms with Gasteiger partial charge in [0.1, 0.15) is 11.5 Å². The number of unbranched alkanes of at least 4 members (excludes halogenated alkanes) is 1. The number of hydrogen-bond donors (Lipinski definition) is 1. The van der Waals surface area contributed by atoms with Gasteiger partial charge in [-0.3, -0.25) is 14.6 Å². The van der Waals surface area contributed by atoms with Crippen LogP contribution in [0.3, 0.4) is 0 Å². The number of nitrogens with one attached hydrogen (secondary N) is 1. The smallest absolute Gasteiger partial charge is 0.274 e. The maximum Gasteiger partial charge on any atom is 0.274 e. The summed E-state index contributed by atoms with van der Waals surface area (Å²) in [6, 6.07) is 8.47. The molecule has 1 heterocycles. The van der Waals surface area contributed by atoms with E-state index in [9.17, 15) is 14.0 Å². The number of carbonyl (C=O) groups is 2. The van der Waals surface area contributed by atoms with Crippen LogP contribution in [0, 0.1) is 5.82 Å². The predicted molar refractivity (Wildman–Crippen MR) is 90.5 cm³/mol. The van der Waals surface area contributed by atoms with E-state index in [1.807, 2.05) is 0 Å². The van der Waals surface area contributed by atoms with Crippen molar-refractivity contribution in [2.24, 2.45) is 0 Å². The van der Waals surface area contributed by atoms with Gasteiger partial charge in [0.05, 0.1) is 0 Å². The van der Waals surface area contributed by atoms with Gasteiger partial charge >= 0.3 is 0 Å². The highest BCUT2D eigenvalue weighted by Gasteiger charge is 2.15. The van der Waals surface area contributed by atoms with Gasteiger partial charge in [-0.05, 0) is 42.8 Å². The fraction of sp³-hybridized carbons (Fsp3) is 0.278. The number of benzene rings is 1. The Morgan fingerprint density at radius 2 is 1.92 bits per heavy atom. The first-order valence-corrected chi connectivity index (χ1v) is 7.79. The number of halogens is 1. The maximum atomic E-state index is 12.9. The first-order valence-electron chi connectivity index (χ1n) is 7.79. The number of aromatic nitrogens is 1. The quantitative estimate of drug-likeness (QED) is 0.884. The Kier molecular flexibility index (Phi) is 6.01. The third-order valence-corrected chi connectivity index (χ3v) is 3.54. The number of amides is 2. The summed E-state index contributed by atoms with van der Waals surface area (Å²) in [5.41, 5.74) is 1.00. The minimum atomic E-state index is -0.451. The summed E-state index contributed by atoms with van der Waals surface area (Å²) in [6.45, 7) is 2.72. The molecule has 0 aliphatic heterocycles. The molecule has 0 radical (unpaired) electrons. The number of nitrogens with zero attached hydrogens (tertiary/aromatic N) is 2. The largest absolute Gasteiger partial charge is 0.342 e. The number of hydrogen-bond acceptors (Lipinski definition) is 3. The van der Waals surface area contributed by atoms with Crippen LogP contribution in [0.4, 0.5) is 10.1 Å². The Labute approximate surface area is 140 Å². The average molecular weight is 329 g/mol. The van der Waals surface area contributed by atoms with Crippen LogP contribution in [0.1, 0.15) is 40.6 Å². The first kappa shape index (κ1) is 17.6. The molecule has 2 aromatic rings. The summed E-state index contributed by atoms with van der Waals surface area (Å²) < 4.78 is 12.9. The molecule has 5 nitrogen and oxygen atoms in total. The van der Waals surface area contributed by atoms with Gasteiger partial charge in [0, 0.05) is 31.0 Å². The normalized spacial score (nSPS) is 10.3. The van der Waals surface area contributed by atoms with Gasteiger partial charge in [-0.2, -0.15) is 0 Å². The van der Waals surface area contributed by atoms with E-state index in [0.29, 0.717) is 17.8 Å². The van der Waals surface area contributed by atoms with E-state index in [0.717, 1.165) is 12.8 Å². The van der Waals surface area contributed by atoms with E-state index < -0.39 is 5.91 Å². The topological polar surface area (TPSA) is 62.3 Å². The lowest BCUT2D eigenvalue weighted by molar-refractivity contribution is 0.0793. The molecule has 0 aliphatic rings. The van der Waals surface area contributed by atoms with Gasteiger partial charge in [-0.15, -0.1) is 0 Å². The molecule has 126 valence electrons. The fourth-order valence-electron chi connectivity index (χ4n) is 2.13. The van der Waals surface area contributed by atoms with Crippen LogP contribution < -0.4 is 5.32 Å². The van der Waals surface area contributed by atoms with Crippen molar-refractivity contribution in [2.75, 3.05) is 18.9 Å². The second-order valence-corrected chi connectivity index (χ2v) is 5.47. The van der Waals surface area contributed by atoms with E-state index in [1.54, 1.807) is 18.0 Å². The van der Waals surface area contributed by atoms with Gasteiger partial charge in [-0.1, -0.05) is 13.3 Å². The van der Waals surface area contributed by atoms with Gasteiger partial charge < -0.3 is 10.2 Å². The SMILES string of the molecule is CCCCN(C)C(=O)c1ccnc(C(=O)Nc2ccc(F)cc2)c1. The number of pyridine rings is 1. The molecular formula is C18H20FN3O2. The van der Waals surface area contributed by atoms with E-state index in [-0.39, 0.29) is 17.4 Å². The second kappa shape index (κ2) is 8.19. The molecule has 1 aromatic heterocycles. The lowest BCUT2D eigenvalue weighted by Gasteiger charge is -2.16. The van der Waals surface area contributed by atoms with Crippen LogP contribution in [0.2, 0.25) is 0 Å². The van der Waals surface area contributed by atoms with Crippen LogP contribution in [0.15, 0.2) is 42.6 Å². The van der Waals surface area contributed by atoms with Crippen LogP contribution in [-0.2, 0) is 0 Å². The number of carbonyl (C=O) groups excluding carboxylic acids is 2. The molecule has 2 amide bonds. The Hall–Kier alpha value is -2.76. The summed E-state index contributed by atoms with van der Waals surface area (Å²) >= 11 is 0. The molecule has 24 heavy (non-hydrogen) atoms. The third-order valence-electron chi connectivity index (χ3n) is 3.54. The minimum absolute atomic E-state index is 0.133. The standard InChI is InChI=1S/C18H20FN3O2/c1-3-4-11-22(2)18(24)13-9-10-20-16(12-13)17(23)21-15-7-5-14(19)6-8-15/h5-10,12H,3-4,11H2,1-2H3,(H,21,23). The van der Waals surface area contributed by atoms with Crippen molar-refractivity contribution < 1.29 is 14.0 Å². The highest BCUT2D eigenvalue weighted by Crippen LogP contribution is 2.11. The van der Waals surface area contributed by atoms with E-state index >= 15 is 0 Å². The summed E-state index contributed by atoms with van der Waals surface area (Å²) in [5, 5.41) is 2.62. The van der Waals surface area contributed by atoms with Crippen molar-refractivity contribution in [3.63, 3.8) is 0 Å². The zero-order valence-corrected chi connectivity index (χ0v) is 13.8. The molecule has 0 fully saturated rings. The van der Waals surface area contributed by atoms with Gasteiger partial charge in [0.25, 0.3) is 11.8 Å². The zero-order valence-electron chi connectivity index (χ0n) is 13.8. The van der Waals surface area contributed by atoms with E-state index in [2.05, 4.69) is 17.2 Å². The van der Waals surface area contributed by atoms with Crippen molar-refractivity contribution >= 4 is 17.5 Å². The monoisotopic (exact) mass is 329 g/mol. The highest BCUT2D eigenvalue weighted by molar-refractivity contribution is 6.04. The number of rotatable bonds is 6. The molecule has 2 rings (SSSR count). The molecule has 1 aromatic carbocycles. The van der Waals surface area contributed by atoms with Crippen molar-refractivity contribution in [1.82, 2.24) is 9.88 Å². The molecule has 0 bridgehead atoms. The lowest BCUT2D eigenvalue weighted by Crippen LogP contribution is -2.28. The predicted octanol–water partition coefficient (Wildman–Crippen LogP) is 3.35. The van der Waals surface area contributed by atoms with Crippen LogP contribution in [0.25, 0.3) is 0 Å². The molecule has 1 N–H and O–H groups in total. The van der Waals surface area contributed by atoms with Crippen molar-refractivity contribution in [2.45, 2.75) is 19.8 Å². The summed E-state index contributed by atoms with van der Waals surface area (Å²) in [6.07, 6.45) is 3.35.